The first-order valence-electron chi connectivity index (χ1n) is 5.28. The highest BCUT2D eigenvalue weighted by Gasteiger charge is 2.35. The van der Waals surface area contributed by atoms with E-state index in [0.29, 0.717) is 19.6 Å². The molecule has 1 aromatic rings. The van der Waals surface area contributed by atoms with Gasteiger partial charge in [0.05, 0.1) is 18.8 Å². The Labute approximate surface area is 90.1 Å². The van der Waals surface area contributed by atoms with Crippen LogP contribution in [0.4, 0.5) is 0 Å². The molecule has 1 aliphatic heterocycles. The third-order valence-corrected chi connectivity index (χ3v) is 3.16. The van der Waals surface area contributed by atoms with Crippen molar-refractivity contribution in [1.82, 2.24) is 5.32 Å². The maximum absolute atomic E-state index is 9.14. The Bertz CT molecular complexity index is 340. The SMILES string of the molecule is CNC1(CCO)COCc2ccccc21. The summed E-state index contributed by atoms with van der Waals surface area (Å²) in [5.74, 6) is 0. The van der Waals surface area contributed by atoms with Crippen molar-refractivity contribution < 1.29 is 9.84 Å². The lowest BCUT2D eigenvalue weighted by atomic mass is 9.83. The average molecular weight is 207 g/mol. The Morgan fingerprint density at radius 2 is 2.27 bits per heavy atom. The molecule has 1 aliphatic rings. The molecule has 0 spiro atoms. The van der Waals surface area contributed by atoms with Crippen LogP contribution < -0.4 is 5.32 Å². The topological polar surface area (TPSA) is 41.5 Å². The molecule has 1 aromatic carbocycles. The predicted octanol–water partition coefficient (Wildman–Crippen LogP) is 1.01. The molecule has 3 nitrogen and oxygen atoms in total. The Morgan fingerprint density at radius 1 is 1.47 bits per heavy atom. The molecule has 0 radical (unpaired) electrons. The second kappa shape index (κ2) is 4.31. The second-order valence-corrected chi connectivity index (χ2v) is 3.96. The van der Waals surface area contributed by atoms with Gasteiger partial charge in [-0.05, 0) is 24.6 Å². The summed E-state index contributed by atoms with van der Waals surface area (Å²) in [6.07, 6.45) is 0.681. The van der Waals surface area contributed by atoms with Crippen molar-refractivity contribution in [2.24, 2.45) is 0 Å². The Balaban J connectivity index is 2.42. The molecule has 82 valence electrons. The summed E-state index contributed by atoms with van der Waals surface area (Å²) in [7, 11) is 1.92. The minimum Gasteiger partial charge on any atom is -0.396 e. The Kier molecular flexibility index (Phi) is 3.05. The van der Waals surface area contributed by atoms with Gasteiger partial charge < -0.3 is 15.2 Å². The quantitative estimate of drug-likeness (QED) is 0.777. The van der Waals surface area contributed by atoms with Crippen molar-refractivity contribution in [3.8, 4) is 0 Å². The van der Waals surface area contributed by atoms with Crippen LogP contribution in [0.1, 0.15) is 17.5 Å². The molecule has 0 saturated carbocycles. The van der Waals surface area contributed by atoms with Crippen LogP contribution >= 0.6 is 0 Å². The van der Waals surface area contributed by atoms with Gasteiger partial charge in [0.1, 0.15) is 0 Å². The van der Waals surface area contributed by atoms with E-state index in [1.54, 1.807) is 0 Å². The van der Waals surface area contributed by atoms with E-state index >= 15 is 0 Å². The zero-order chi connectivity index (χ0) is 10.7. The number of likely N-dealkylation sites (N-methyl/N-ethyl adjacent to an activating group) is 1. The molecular formula is C12H17NO2. The molecular weight excluding hydrogens is 190 g/mol. The number of hydrogen-bond donors (Lipinski definition) is 2. The largest absolute Gasteiger partial charge is 0.396 e. The molecule has 1 heterocycles. The number of nitrogens with one attached hydrogen (secondary N) is 1. The molecule has 0 amide bonds. The first-order valence-corrected chi connectivity index (χ1v) is 5.28. The van der Waals surface area contributed by atoms with Crippen LogP contribution in [0.5, 0.6) is 0 Å². The number of rotatable bonds is 3. The molecule has 1 atom stereocenters. The first kappa shape index (κ1) is 10.6. The van der Waals surface area contributed by atoms with Gasteiger partial charge in [-0.2, -0.15) is 0 Å². The summed E-state index contributed by atoms with van der Waals surface area (Å²) in [4.78, 5) is 0. The van der Waals surface area contributed by atoms with E-state index < -0.39 is 0 Å². The fraction of sp³-hybridized carbons (Fsp3) is 0.500. The number of ether oxygens (including phenoxy) is 1. The zero-order valence-corrected chi connectivity index (χ0v) is 8.99. The fourth-order valence-corrected chi connectivity index (χ4v) is 2.26. The standard InChI is InChI=1S/C12H17NO2/c1-13-12(6-7-14)9-15-8-10-4-2-3-5-11(10)12/h2-5,13-14H,6-9H2,1H3. The molecule has 0 saturated heterocycles. The number of fused-ring (bicyclic) bond motifs is 1. The molecule has 0 fully saturated rings. The van der Waals surface area contributed by atoms with E-state index in [0.717, 1.165) is 0 Å². The first-order chi connectivity index (χ1) is 7.32. The van der Waals surface area contributed by atoms with Crippen molar-refractivity contribution in [2.45, 2.75) is 18.6 Å². The molecule has 3 heteroatoms. The number of aliphatic hydroxyl groups excluding tert-OH is 1. The summed E-state index contributed by atoms with van der Waals surface area (Å²) >= 11 is 0. The molecule has 0 aromatic heterocycles. The van der Waals surface area contributed by atoms with Crippen molar-refractivity contribution in [2.75, 3.05) is 20.3 Å². The summed E-state index contributed by atoms with van der Waals surface area (Å²) < 4.78 is 5.58. The molecule has 0 aliphatic carbocycles. The third-order valence-electron chi connectivity index (χ3n) is 3.16. The summed E-state index contributed by atoms with van der Waals surface area (Å²) in [6.45, 7) is 1.46. The van der Waals surface area contributed by atoms with Crippen LogP contribution in [-0.2, 0) is 16.9 Å². The van der Waals surface area contributed by atoms with Crippen LogP contribution in [0, 0.1) is 0 Å². The van der Waals surface area contributed by atoms with Crippen LogP contribution in [0.25, 0.3) is 0 Å². The van der Waals surface area contributed by atoms with E-state index in [9.17, 15) is 0 Å². The van der Waals surface area contributed by atoms with E-state index in [1.807, 2.05) is 19.2 Å². The van der Waals surface area contributed by atoms with Gasteiger partial charge in [0.25, 0.3) is 0 Å². The maximum Gasteiger partial charge on any atom is 0.0721 e. The van der Waals surface area contributed by atoms with Crippen LogP contribution in [0.15, 0.2) is 24.3 Å². The van der Waals surface area contributed by atoms with E-state index in [-0.39, 0.29) is 12.1 Å². The van der Waals surface area contributed by atoms with E-state index in [4.69, 9.17) is 9.84 Å². The molecule has 2 rings (SSSR count). The lowest BCUT2D eigenvalue weighted by Crippen LogP contribution is -2.47. The minimum absolute atomic E-state index is 0.165. The van der Waals surface area contributed by atoms with Gasteiger partial charge in [0, 0.05) is 6.61 Å². The smallest absolute Gasteiger partial charge is 0.0721 e. The number of hydrogen-bond acceptors (Lipinski definition) is 3. The van der Waals surface area contributed by atoms with Gasteiger partial charge in [-0.25, -0.2) is 0 Å². The van der Waals surface area contributed by atoms with Crippen molar-refractivity contribution >= 4 is 0 Å². The van der Waals surface area contributed by atoms with Crippen molar-refractivity contribution in [3.63, 3.8) is 0 Å². The second-order valence-electron chi connectivity index (χ2n) is 3.96. The van der Waals surface area contributed by atoms with Gasteiger partial charge in [0.15, 0.2) is 0 Å². The van der Waals surface area contributed by atoms with E-state index in [2.05, 4.69) is 17.4 Å². The van der Waals surface area contributed by atoms with Gasteiger partial charge in [0.2, 0.25) is 0 Å². The van der Waals surface area contributed by atoms with Crippen LogP contribution in [-0.4, -0.2) is 25.4 Å². The number of benzene rings is 1. The maximum atomic E-state index is 9.14. The highest BCUT2D eigenvalue weighted by atomic mass is 16.5. The van der Waals surface area contributed by atoms with Gasteiger partial charge >= 0.3 is 0 Å². The summed E-state index contributed by atoms with van der Waals surface area (Å²) in [5, 5.41) is 12.4. The summed E-state index contributed by atoms with van der Waals surface area (Å²) in [6, 6.07) is 8.25. The fourth-order valence-electron chi connectivity index (χ4n) is 2.26. The average Bonchev–Trinajstić information content (AvgIpc) is 2.30. The predicted molar refractivity (Wildman–Crippen MR) is 58.5 cm³/mol. The molecule has 0 bridgehead atoms. The van der Waals surface area contributed by atoms with Gasteiger partial charge in [-0.15, -0.1) is 0 Å². The molecule has 1 unspecified atom stereocenters. The van der Waals surface area contributed by atoms with Crippen LogP contribution in [0.2, 0.25) is 0 Å². The van der Waals surface area contributed by atoms with Crippen molar-refractivity contribution in [3.05, 3.63) is 35.4 Å². The van der Waals surface area contributed by atoms with Gasteiger partial charge in [-0.3, -0.25) is 0 Å². The lowest BCUT2D eigenvalue weighted by Gasteiger charge is -2.38. The van der Waals surface area contributed by atoms with Gasteiger partial charge in [-0.1, -0.05) is 24.3 Å². The normalized spacial score (nSPS) is 24.9. The third kappa shape index (κ3) is 1.78. The van der Waals surface area contributed by atoms with Crippen molar-refractivity contribution in [1.29, 1.82) is 0 Å². The zero-order valence-electron chi connectivity index (χ0n) is 8.99. The Morgan fingerprint density at radius 3 is 3.00 bits per heavy atom. The number of aliphatic hydroxyl groups is 1. The molecule has 2 N–H and O–H groups in total. The monoisotopic (exact) mass is 207 g/mol. The van der Waals surface area contributed by atoms with E-state index in [1.165, 1.54) is 11.1 Å². The summed E-state index contributed by atoms with van der Waals surface area (Å²) in [5.41, 5.74) is 2.25. The Hall–Kier alpha value is -0.900. The lowest BCUT2D eigenvalue weighted by molar-refractivity contribution is 0.0274. The van der Waals surface area contributed by atoms with Crippen LogP contribution in [0.3, 0.4) is 0 Å². The highest BCUT2D eigenvalue weighted by molar-refractivity contribution is 5.35. The highest BCUT2D eigenvalue weighted by Crippen LogP contribution is 2.32. The minimum atomic E-state index is -0.219. The molecule has 15 heavy (non-hydrogen) atoms.